The summed E-state index contributed by atoms with van der Waals surface area (Å²) in [5, 5.41) is 16.6. The Morgan fingerprint density at radius 1 is 1.33 bits per heavy atom. The SMILES string of the molecule is CC(OC#N)c1cccc(COC#N)c1. The van der Waals surface area contributed by atoms with Crippen LogP contribution in [-0.2, 0) is 16.1 Å². The first-order chi connectivity index (χ1) is 7.27. The van der Waals surface area contributed by atoms with Crippen LogP contribution in [0.4, 0.5) is 0 Å². The molecule has 0 spiro atoms. The van der Waals surface area contributed by atoms with Gasteiger partial charge in [0, 0.05) is 0 Å². The lowest BCUT2D eigenvalue weighted by Gasteiger charge is -2.09. The van der Waals surface area contributed by atoms with Gasteiger partial charge in [0.1, 0.15) is 12.7 Å². The first kappa shape index (κ1) is 10.9. The second-order valence-corrected chi connectivity index (χ2v) is 2.98. The molecule has 1 atom stereocenters. The third-order valence-electron chi connectivity index (χ3n) is 1.95. The van der Waals surface area contributed by atoms with Crippen molar-refractivity contribution in [2.24, 2.45) is 0 Å². The molecule has 0 aliphatic heterocycles. The molecule has 15 heavy (non-hydrogen) atoms. The molecule has 4 heteroatoms. The van der Waals surface area contributed by atoms with Crippen LogP contribution in [-0.4, -0.2) is 0 Å². The number of nitriles is 2. The Balaban J connectivity index is 2.75. The van der Waals surface area contributed by atoms with Gasteiger partial charge >= 0.3 is 0 Å². The summed E-state index contributed by atoms with van der Waals surface area (Å²) in [6, 6.07) is 7.39. The lowest BCUT2D eigenvalue weighted by Crippen LogP contribution is -1.97. The lowest BCUT2D eigenvalue weighted by molar-refractivity contribution is 0.182. The topological polar surface area (TPSA) is 66.0 Å². The molecule has 0 fully saturated rings. The number of benzene rings is 1. The van der Waals surface area contributed by atoms with Crippen molar-refractivity contribution in [1.82, 2.24) is 0 Å². The van der Waals surface area contributed by atoms with Crippen molar-refractivity contribution in [1.29, 1.82) is 10.5 Å². The van der Waals surface area contributed by atoms with Gasteiger partial charge in [-0.2, -0.15) is 10.5 Å². The van der Waals surface area contributed by atoms with Gasteiger partial charge in [-0.15, -0.1) is 0 Å². The molecule has 1 rings (SSSR count). The normalized spacial score (nSPS) is 10.9. The molecule has 1 aromatic carbocycles. The highest BCUT2D eigenvalue weighted by molar-refractivity contribution is 5.24. The molecule has 0 saturated heterocycles. The molecule has 1 unspecified atom stereocenters. The van der Waals surface area contributed by atoms with Gasteiger partial charge in [0.15, 0.2) is 0 Å². The van der Waals surface area contributed by atoms with Gasteiger partial charge in [-0.05, 0) is 24.1 Å². The first-order valence-electron chi connectivity index (χ1n) is 4.42. The number of hydrogen-bond acceptors (Lipinski definition) is 4. The maximum atomic E-state index is 8.37. The zero-order valence-corrected chi connectivity index (χ0v) is 8.30. The van der Waals surface area contributed by atoms with Crippen LogP contribution < -0.4 is 0 Å². The molecular formula is C11H10N2O2. The van der Waals surface area contributed by atoms with Crippen LogP contribution in [0.3, 0.4) is 0 Å². The molecule has 76 valence electrons. The maximum absolute atomic E-state index is 8.37. The van der Waals surface area contributed by atoms with Gasteiger partial charge in [0.25, 0.3) is 12.5 Å². The number of ether oxygens (including phenoxy) is 2. The predicted octanol–water partition coefficient (Wildman–Crippen LogP) is 2.24. The molecule has 0 N–H and O–H groups in total. The molecule has 0 heterocycles. The maximum Gasteiger partial charge on any atom is 0.286 e. The van der Waals surface area contributed by atoms with Crippen molar-refractivity contribution in [2.45, 2.75) is 19.6 Å². The van der Waals surface area contributed by atoms with E-state index < -0.39 is 0 Å². The van der Waals surface area contributed by atoms with Crippen LogP contribution in [0.1, 0.15) is 24.2 Å². The van der Waals surface area contributed by atoms with Crippen LogP contribution in [0, 0.1) is 23.0 Å². The van der Waals surface area contributed by atoms with Gasteiger partial charge in [-0.1, -0.05) is 18.2 Å². The fraction of sp³-hybridized carbons (Fsp3) is 0.273. The second-order valence-electron chi connectivity index (χ2n) is 2.98. The molecular weight excluding hydrogens is 192 g/mol. The summed E-state index contributed by atoms with van der Waals surface area (Å²) in [6.07, 6.45) is 2.97. The monoisotopic (exact) mass is 202 g/mol. The average molecular weight is 202 g/mol. The minimum atomic E-state index is -0.281. The standard InChI is InChI=1S/C11H10N2O2/c1-9(15-8-13)11-4-2-3-10(5-11)6-14-7-12/h2-5,9H,6H2,1H3. The summed E-state index contributed by atoms with van der Waals surface area (Å²) in [5.74, 6) is 0. The Labute approximate surface area is 88.3 Å². The zero-order valence-electron chi connectivity index (χ0n) is 8.30. The van der Waals surface area contributed by atoms with Crippen LogP contribution in [0.15, 0.2) is 24.3 Å². The Hall–Kier alpha value is -2.20. The summed E-state index contributed by atoms with van der Waals surface area (Å²) in [5.41, 5.74) is 1.76. The van der Waals surface area contributed by atoms with E-state index in [9.17, 15) is 0 Å². The van der Waals surface area contributed by atoms with E-state index in [-0.39, 0.29) is 12.7 Å². The van der Waals surface area contributed by atoms with Crippen molar-refractivity contribution in [3.05, 3.63) is 35.4 Å². The summed E-state index contributed by atoms with van der Waals surface area (Å²) < 4.78 is 9.40. The quantitative estimate of drug-likeness (QED) is 0.702. The summed E-state index contributed by atoms with van der Waals surface area (Å²) in [7, 11) is 0. The van der Waals surface area contributed by atoms with Crippen LogP contribution in [0.2, 0.25) is 0 Å². The minimum Gasteiger partial charge on any atom is -0.423 e. The highest BCUT2D eigenvalue weighted by Gasteiger charge is 2.06. The molecule has 0 aliphatic rings. The summed E-state index contributed by atoms with van der Waals surface area (Å²) in [6.45, 7) is 2.02. The fourth-order valence-corrected chi connectivity index (χ4v) is 1.20. The van der Waals surface area contributed by atoms with Crippen LogP contribution in [0.25, 0.3) is 0 Å². The van der Waals surface area contributed by atoms with Crippen molar-refractivity contribution >= 4 is 0 Å². The molecule has 0 saturated carbocycles. The van der Waals surface area contributed by atoms with E-state index in [2.05, 4.69) is 4.74 Å². The Bertz CT molecular complexity index is 404. The lowest BCUT2D eigenvalue weighted by atomic mass is 10.1. The van der Waals surface area contributed by atoms with Gasteiger partial charge in [-0.25, -0.2) is 0 Å². The molecule has 0 bridgehead atoms. The van der Waals surface area contributed by atoms with Gasteiger partial charge in [0.2, 0.25) is 0 Å². The fourth-order valence-electron chi connectivity index (χ4n) is 1.20. The van der Waals surface area contributed by atoms with Gasteiger partial charge < -0.3 is 9.47 Å². The van der Waals surface area contributed by atoms with E-state index >= 15 is 0 Å². The third-order valence-corrected chi connectivity index (χ3v) is 1.95. The van der Waals surface area contributed by atoms with E-state index in [1.165, 1.54) is 0 Å². The van der Waals surface area contributed by atoms with Gasteiger partial charge in [0.05, 0.1) is 0 Å². The molecule has 4 nitrogen and oxygen atoms in total. The Kier molecular flexibility index (Phi) is 4.00. The van der Waals surface area contributed by atoms with Crippen LogP contribution in [0.5, 0.6) is 0 Å². The van der Waals surface area contributed by atoms with E-state index in [4.69, 9.17) is 15.3 Å². The van der Waals surface area contributed by atoms with E-state index in [1.807, 2.05) is 24.3 Å². The number of nitrogens with zero attached hydrogens (tertiary/aromatic N) is 2. The first-order valence-corrected chi connectivity index (χ1v) is 4.42. The summed E-state index contributed by atoms with van der Waals surface area (Å²) >= 11 is 0. The smallest absolute Gasteiger partial charge is 0.286 e. The molecule has 0 radical (unpaired) electrons. The Morgan fingerprint density at radius 3 is 2.80 bits per heavy atom. The third kappa shape index (κ3) is 3.21. The predicted molar refractivity (Wildman–Crippen MR) is 52.0 cm³/mol. The van der Waals surface area contributed by atoms with E-state index in [0.717, 1.165) is 11.1 Å². The highest BCUT2D eigenvalue weighted by Crippen LogP contribution is 2.17. The zero-order chi connectivity index (χ0) is 11.1. The molecule has 0 amide bonds. The average Bonchev–Trinajstić information content (AvgIpc) is 2.27. The minimum absolute atomic E-state index is 0.240. The summed E-state index contributed by atoms with van der Waals surface area (Å²) in [4.78, 5) is 0. The van der Waals surface area contributed by atoms with E-state index in [1.54, 1.807) is 19.4 Å². The Morgan fingerprint density at radius 2 is 2.13 bits per heavy atom. The molecule has 0 aliphatic carbocycles. The molecule has 1 aromatic rings. The van der Waals surface area contributed by atoms with E-state index in [0.29, 0.717) is 0 Å². The number of hydrogen-bond donors (Lipinski definition) is 0. The molecule has 0 aromatic heterocycles. The van der Waals surface area contributed by atoms with Crippen LogP contribution >= 0.6 is 0 Å². The van der Waals surface area contributed by atoms with Crippen molar-refractivity contribution in [3.63, 3.8) is 0 Å². The highest BCUT2D eigenvalue weighted by atomic mass is 16.5. The van der Waals surface area contributed by atoms with Gasteiger partial charge in [-0.3, -0.25) is 0 Å². The second kappa shape index (κ2) is 5.51. The largest absolute Gasteiger partial charge is 0.423 e. The van der Waals surface area contributed by atoms with Crippen molar-refractivity contribution < 1.29 is 9.47 Å². The van der Waals surface area contributed by atoms with Crippen molar-refractivity contribution in [3.8, 4) is 12.5 Å². The number of rotatable bonds is 4. The van der Waals surface area contributed by atoms with Crippen molar-refractivity contribution in [2.75, 3.05) is 0 Å².